The molecule has 0 aliphatic carbocycles. The molecule has 3 nitrogen and oxygen atoms in total. The zero-order valence-corrected chi connectivity index (χ0v) is 12.9. The second-order valence-corrected chi connectivity index (χ2v) is 6.06. The van der Waals surface area contributed by atoms with Crippen LogP contribution in [0, 0.1) is 5.92 Å². The average Bonchev–Trinajstić information content (AvgIpc) is 2.79. The number of ether oxygens (including phenoxy) is 1. The molecule has 0 amide bonds. The average molecular weight is 328 g/mol. The molecule has 4 heteroatoms. The number of benzene rings is 1. The van der Waals surface area contributed by atoms with Crippen molar-refractivity contribution in [2.45, 2.75) is 32.3 Å². The van der Waals surface area contributed by atoms with Crippen molar-refractivity contribution in [3.05, 3.63) is 28.2 Å². The lowest BCUT2D eigenvalue weighted by molar-refractivity contribution is 0.217. The van der Waals surface area contributed by atoms with Crippen LogP contribution in [0.1, 0.15) is 25.3 Å². The van der Waals surface area contributed by atoms with Gasteiger partial charge in [-0.1, -0.05) is 29.3 Å². The highest BCUT2D eigenvalue weighted by Crippen LogP contribution is 2.30. The maximum absolute atomic E-state index is 8.97. The van der Waals surface area contributed by atoms with Gasteiger partial charge in [0, 0.05) is 24.0 Å². The second kappa shape index (κ2) is 7.27. The van der Waals surface area contributed by atoms with Crippen molar-refractivity contribution in [2.24, 2.45) is 5.92 Å². The van der Waals surface area contributed by atoms with E-state index in [0.29, 0.717) is 5.92 Å². The van der Waals surface area contributed by atoms with E-state index in [4.69, 9.17) is 9.84 Å². The number of fused-ring (bicyclic) bond motifs is 1. The molecule has 0 saturated carbocycles. The highest BCUT2D eigenvalue weighted by molar-refractivity contribution is 9.10. The predicted molar refractivity (Wildman–Crippen MR) is 80.6 cm³/mol. The van der Waals surface area contributed by atoms with Gasteiger partial charge in [0.1, 0.15) is 11.9 Å². The highest BCUT2D eigenvalue weighted by Gasteiger charge is 2.22. The molecule has 0 saturated heterocycles. The van der Waals surface area contributed by atoms with Gasteiger partial charge in [-0.2, -0.15) is 0 Å². The molecule has 0 fully saturated rings. The van der Waals surface area contributed by atoms with Crippen LogP contribution in [0.25, 0.3) is 0 Å². The molecular formula is C15H22BrNO2. The molecule has 1 aliphatic heterocycles. The zero-order valence-electron chi connectivity index (χ0n) is 11.4. The number of hydrogen-bond acceptors (Lipinski definition) is 3. The fourth-order valence-electron chi connectivity index (χ4n) is 2.48. The number of hydrogen-bond donors (Lipinski definition) is 2. The summed E-state index contributed by atoms with van der Waals surface area (Å²) in [5.41, 5.74) is 1.28. The molecular weight excluding hydrogens is 306 g/mol. The number of rotatable bonds is 7. The van der Waals surface area contributed by atoms with E-state index in [1.165, 1.54) is 5.56 Å². The molecule has 1 heterocycles. The Morgan fingerprint density at radius 2 is 2.37 bits per heavy atom. The Morgan fingerprint density at radius 1 is 1.53 bits per heavy atom. The summed E-state index contributed by atoms with van der Waals surface area (Å²) in [5, 5.41) is 12.4. The lowest BCUT2D eigenvalue weighted by Gasteiger charge is -2.16. The maximum atomic E-state index is 8.97. The fourth-order valence-corrected chi connectivity index (χ4v) is 2.89. The molecule has 1 aromatic carbocycles. The number of halogens is 1. The standard InChI is InChI=1S/C15H22BrNO2/c1-2-11(5-6-18)9-17-10-14-8-12-7-13(16)3-4-15(12)19-14/h3-4,7,11,14,17-18H,2,5-6,8-10H2,1H3. The van der Waals surface area contributed by atoms with Crippen molar-refractivity contribution in [3.63, 3.8) is 0 Å². The van der Waals surface area contributed by atoms with Gasteiger partial charge in [0.05, 0.1) is 0 Å². The number of nitrogens with one attached hydrogen (secondary N) is 1. The molecule has 106 valence electrons. The summed E-state index contributed by atoms with van der Waals surface area (Å²) in [6.07, 6.45) is 3.18. The SMILES string of the molecule is CCC(CCO)CNCC1Cc2cc(Br)ccc2O1. The van der Waals surface area contributed by atoms with Gasteiger partial charge >= 0.3 is 0 Å². The first kappa shape index (κ1) is 14.8. The van der Waals surface area contributed by atoms with Crippen molar-refractivity contribution in [3.8, 4) is 5.75 Å². The van der Waals surface area contributed by atoms with E-state index in [1.54, 1.807) is 0 Å². The molecule has 2 N–H and O–H groups in total. The third-order valence-electron chi connectivity index (χ3n) is 3.68. The molecule has 0 aromatic heterocycles. The van der Waals surface area contributed by atoms with Gasteiger partial charge in [0.2, 0.25) is 0 Å². The molecule has 1 aromatic rings. The molecule has 1 aliphatic rings. The summed E-state index contributed by atoms with van der Waals surface area (Å²) in [4.78, 5) is 0. The number of aliphatic hydroxyl groups excluding tert-OH is 1. The zero-order chi connectivity index (χ0) is 13.7. The Hall–Kier alpha value is -0.580. The smallest absolute Gasteiger partial charge is 0.123 e. The van der Waals surface area contributed by atoms with Crippen molar-refractivity contribution in [1.29, 1.82) is 0 Å². The maximum Gasteiger partial charge on any atom is 0.123 e. The lowest BCUT2D eigenvalue weighted by Crippen LogP contribution is -2.33. The first-order chi connectivity index (χ1) is 9.22. The Balaban J connectivity index is 1.75. The first-order valence-electron chi connectivity index (χ1n) is 6.99. The van der Waals surface area contributed by atoms with E-state index in [1.807, 2.05) is 12.1 Å². The van der Waals surface area contributed by atoms with Crippen LogP contribution in [0.4, 0.5) is 0 Å². The summed E-state index contributed by atoms with van der Waals surface area (Å²) in [7, 11) is 0. The van der Waals surface area contributed by atoms with Crippen molar-refractivity contribution >= 4 is 15.9 Å². The monoisotopic (exact) mass is 327 g/mol. The van der Waals surface area contributed by atoms with E-state index in [-0.39, 0.29) is 12.7 Å². The van der Waals surface area contributed by atoms with Gasteiger partial charge in [-0.25, -0.2) is 0 Å². The third kappa shape index (κ3) is 4.20. The summed E-state index contributed by atoms with van der Waals surface area (Å²) in [6.45, 7) is 4.27. The van der Waals surface area contributed by atoms with E-state index in [0.717, 1.165) is 42.6 Å². The van der Waals surface area contributed by atoms with Gasteiger partial charge in [-0.3, -0.25) is 0 Å². The lowest BCUT2D eigenvalue weighted by atomic mass is 10.0. The molecule has 0 radical (unpaired) electrons. The minimum absolute atomic E-state index is 0.232. The van der Waals surface area contributed by atoms with E-state index >= 15 is 0 Å². The van der Waals surface area contributed by atoms with Crippen molar-refractivity contribution < 1.29 is 9.84 Å². The fraction of sp³-hybridized carbons (Fsp3) is 0.600. The quantitative estimate of drug-likeness (QED) is 0.809. The first-order valence-corrected chi connectivity index (χ1v) is 7.79. The van der Waals surface area contributed by atoms with Crippen LogP contribution in [0.5, 0.6) is 5.75 Å². The van der Waals surface area contributed by atoms with Crippen molar-refractivity contribution in [1.82, 2.24) is 5.32 Å². The third-order valence-corrected chi connectivity index (χ3v) is 4.18. The molecule has 2 atom stereocenters. The molecule has 2 rings (SSSR count). The predicted octanol–water partition coefficient (Wildman–Crippen LogP) is 2.75. The van der Waals surface area contributed by atoms with Crippen LogP contribution in [0.15, 0.2) is 22.7 Å². The highest BCUT2D eigenvalue weighted by atomic mass is 79.9. The largest absolute Gasteiger partial charge is 0.488 e. The summed E-state index contributed by atoms with van der Waals surface area (Å²) >= 11 is 3.49. The van der Waals surface area contributed by atoms with Crippen LogP contribution in [0.2, 0.25) is 0 Å². The van der Waals surface area contributed by atoms with Gasteiger partial charge in [-0.15, -0.1) is 0 Å². The minimum atomic E-state index is 0.232. The van der Waals surface area contributed by atoms with Crippen LogP contribution >= 0.6 is 15.9 Å². The second-order valence-electron chi connectivity index (χ2n) is 5.14. The topological polar surface area (TPSA) is 41.5 Å². The van der Waals surface area contributed by atoms with E-state index in [2.05, 4.69) is 34.2 Å². The number of aliphatic hydroxyl groups is 1. The molecule has 2 unspecified atom stereocenters. The molecule has 19 heavy (non-hydrogen) atoms. The normalized spacial score (nSPS) is 19.0. The molecule has 0 spiro atoms. The Labute approximate surface area is 123 Å². The van der Waals surface area contributed by atoms with Gasteiger partial charge in [-0.05, 0) is 42.6 Å². The van der Waals surface area contributed by atoms with Crippen molar-refractivity contribution in [2.75, 3.05) is 19.7 Å². The van der Waals surface area contributed by atoms with E-state index in [9.17, 15) is 0 Å². The minimum Gasteiger partial charge on any atom is -0.488 e. The van der Waals surface area contributed by atoms with Crippen LogP contribution in [-0.2, 0) is 6.42 Å². The summed E-state index contributed by atoms with van der Waals surface area (Å²) in [5.74, 6) is 1.57. The van der Waals surface area contributed by atoms with Crippen LogP contribution in [-0.4, -0.2) is 30.9 Å². The molecule has 0 bridgehead atoms. The van der Waals surface area contributed by atoms with Gasteiger partial charge in [0.25, 0.3) is 0 Å². The van der Waals surface area contributed by atoms with Crippen LogP contribution < -0.4 is 10.1 Å². The van der Waals surface area contributed by atoms with Gasteiger partial charge in [0.15, 0.2) is 0 Å². The summed E-state index contributed by atoms with van der Waals surface area (Å²) < 4.78 is 7.01. The van der Waals surface area contributed by atoms with E-state index < -0.39 is 0 Å². The Morgan fingerprint density at radius 3 is 3.11 bits per heavy atom. The summed E-state index contributed by atoms with van der Waals surface area (Å²) in [6, 6.07) is 6.18. The Kier molecular flexibility index (Phi) is 5.67. The van der Waals surface area contributed by atoms with Crippen LogP contribution in [0.3, 0.4) is 0 Å². The van der Waals surface area contributed by atoms with Gasteiger partial charge < -0.3 is 15.2 Å². The Bertz CT molecular complexity index is 411.